The van der Waals surface area contributed by atoms with Gasteiger partial charge < -0.3 is 14.4 Å². The van der Waals surface area contributed by atoms with Crippen LogP contribution in [0.3, 0.4) is 0 Å². The Morgan fingerprint density at radius 3 is 1.75 bits per heavy atom. The van der Waals surface area contributed by atoms with Gasteiger partial charge in [0.2, 0.25) is 0 Å². The predicted molar refractivity (Wildman–Crippen MR) is 125 cm³/mol. The molecule has 3 aromatic rings. The Kier molecular flexibility index (Phi) is 7.18. The molecule has 0 spiro atoms. The van der Waals surface area contributed by atoms with Crippen molar-refractivity contribution in [3.05, 3.63) is 79.5 Å². The number of aromatic nitrogens is 1. The Bertz CT molecular complexity index is 858. The summed E-state index contributed by atoms with van der Waals surface area (Å²) in [6.07, 6.45) is 0. The zero-order valence-electron chi connectivity index (χ0n) is 16.1. The van der Waals surface area contributed by atoms with Crippen LogP contribution in [0.5, 0.6) is 11.5 Å². The molecule has 0 radical (unpaired) electrons. The highest BCUT2D eigenvalue weighted by Gasteiger charge is 2.14. The number of aryl methyl sites for hydroxylation is 1. The second-order valence-corrected chi connectivity index (χ2v) is 8.35. The van der Waals surface area contributed by atoms with Gasteiger partial charge in [-0.3, -0.25) is 0 Å². The molecule has 0 fully saturated rings. The van der Waals surface area contributed by atoms with Gasteiger partial charge in [-0.15, -0.1) is 0 Å². The molecule has 0 bridgehead atoms. The number of halogens is 2. The standard InChI is InChI=1S/C22H22BrIN2O2/c1-15-22(24)20(23)12-21(25-15)26(13-16-4-8-18(27-2)9-5-16)14-17-6-10-19(28-3)11-7-17/h4-12H,13-14H2,1-3H3. The highest BCUT2D eigenvalue weighted by atomic mass is 127. The first-order valence-corrected chi connectivity index (χ1v) is 10.7. The largest absolute Gasteiger partial charge is 0.497 e. The summed E-state index contributed by atoms with van der Waals surface area (Å²) in [5.74, 6) is 2.66. The SMILES string of the molecule is COc1ccc(CN(Cc2ccc(OC)cc2)c2cc(Br)c(I)c(C)n2)cc1. The van der Waals surface area contributed by atoms with Crippen LogP contribution in [0.2, 0.25) is 0 Å². The average Bonchev–Trinajstić information content (AvgIpc) is 2.72. The maximum atomic E-state index is 5.28. The van der Waals surface area contributed by atoms with E-state index in [1.54, 1.807) is 14.2 Å². The van der Waals surface area contributed by atoms with Crippen LogP contribution in [0, 0.1) is 10.5 Å². The Balaban J connectivity index is 1.92. The normalized spacial score (nSPS) is 10.6. The van der Waals surface area contributed by atoms with Crippen LogP contribution in [0.4, 0.5) is 5.82 Å². The molecule has 2 aromatic carbocycles. The fourth-order valence-electron chi connectivity index (χ4n) is 2.89. The molecule has 0 unspecified atom stereocenters. The summed E-state index contributed by atoms with van der Waals surface area (Å²) in [7, 11) is 3.36. The number of anilines is 1. The minimum atomic E-state index is 0.746. The third kappa shape index (κ3) is 5.17. The molecule has 0 aliphatic heterocycles. The fourth-order valence-corrected chi connectivity index (χ4v) is 3.65. The number of methoxy groups -OCH3 is 2. The van der Waals surface area contributed by atoms with Crippen molar-refractivity contribution in [1.82, 2.24) is 4.98 Å². The topological polar surface area (TPSA) is 34.6 Å². The molecular weight excluding hydrogens is 531 g/mol. The number of benzene rings is 2. The van der Waals surface area contributed by atoms with E-state index in [-0.39, 0.29) is 0 Å². The van der Waals surface area contributed by atoms with Crippen molar-refractivity contribution in [3.63, 3.8) is 0 Å². The van der Waals surface area contributed by atoms with Crippen molar-refractivity contribution < 1.29 is 9.47 Å². The number of rotatable bonds is 7. The average molecular weight is 553 g/mol. The maximum Gasteiger partial charge on any atom is 0.130 e. The highest BCUT2D eigenvalue weighted by Crippen LogP contribution is 2.28. The maximum absolute atomic E-state index is 5.28. The lowest BCUT2D eigenvalue weighted by Crippen LogP contribution is -2.23. The van der Waals surface area contributed by atoms with Crippen LogP contribution in [-0.4, -0.2) is 19.2 Å². The Labute approximate surface area is 188 Å². The lowest BCUT2D eigenvalue weighted by Gasteiger charge is -2.25. The molecule has 0 amide bonds. The summed E-state index contributed by atoms with van der Waals surface area (Å²) >= 11 is 5.98. The van der Waals surface area contributed by atoms with E-state index in [0.717, 1.165) is 44.1 Å². The van der Waals surface area contributed by atoms with Crippen molar-refractivity contribution in [1.29, 1.82) is 0 Å². The number of hydrogen-bond acceptors (Lipinski definition) is 4. The number of hydrogen-bond donors (Lipinski definition) is 0. The third-order valence-electron chi connectivity index (χ3n) is 4.45. The van der Waals surface area contributed by atoms with Crippen LogP contribution in [0.25, 0.3) is 0 Å². The van der Waals surface area contributed by atoms with E-state index in [4.69, 9.17) is 14.5 Å². The van der Waals surface area contributed by atoms with Crippen molar-refractivity contribution in [2.45, 2.75) is 20.0 Å². The van der Waals surface area contributed by atoms with E-state index in [1.807, 2.05) is 31.2 Å². The van der Waals surface area contributed by atoms with E-state index >= 15 is 0 Å². The van der Waals surface area contributed by atoms with E-state index in [2.05, 4.69) is 73.8 Å². The molecule has 1 heterocycles. The fraction of sp³-hybridized carbons (Fsp3) is 0.227. The summed E-state index contributed by atoms with van der Waals surface area (Å²) in [5, 5.41) is 0. The second-order valence-electron chi connectivity index (χ2n) is 6.41. The summed E-state index contributed by atoms with van der Waals surface area (Å²) in [6.45, 7) is 3.53. The summed E-state index contributed by atoms with van der Waals surface area (Å²) in [5.41, 5.74) is 3.41. The molecule has 28 heavy (non-hydrogen) atoms. The molecular formula is C22H22BrIN2O2. The van der Waals surface area contributed by atoms with Crippen molar-refractivity contribution >= 4 is 44.3 Å². The van der Waals surface area contributed by atoms with Crippen molar-refractivity contribution in [2.75, 3.05) is 19.1 Å². The van der Waals surface area contributed by atoms with Crippen LogP contribution in [-0.2, 0) is 13.1 Å². The van der Waals surface area contributed by atoms with E-state index in [1.165, 1.54) is 11.1 Å². The zero-order chi connectivity index (χ0) is 20.1. The summed E-state index contributed by atoms with van der Waals surface area (Å²) in [6, 6.07) is 18.4. The summed E-state index contributed by atoms with van der Waals surface area (Å²) in [4.78, 5) is 7.11. The van der Waals surface area contributed by atoms with Gasteiger partial charge in [0.05, 0.1) is 19.9 Å². The summed E-state index contributed by atoms with van der Waals surface area (Å²) < 4.78 is 12.7. The van der Waals surface area contributed by atoms with Gasteiger partial charge in [-0.2, -0.15) is 0 Å². The molecule has 0 saturated heterocycles. The van der Waals surface area contributed by atoms with Gasteiger partial charge in [-0.25, -0.2) is 4.98 Å². The van der Waals surface area contributed by atoms with Gasteiger partial charge in [-0.1, -0.05) is 24.3 Å². The molecule has 1 aromatic heterocycles. The molecule has 0 aliphatic rings. The zero-order valence-corrected chi connectivity index (χ0v) is 19.8. The number of ether oxygens (including phenoxy) is 2. The van der Waals surface area contributed by atoms with Crippen molar-refractivity contribution in [3.8, 4) is 11.5 Å². The van der Waals surface area contributed by atoms with Crippen LogP contribution < -0.4 is 14.4 Å². The first-order chi connectivity index (χ1) is 13.5. The van der Waals surface area contributed by atoms with Crippen LogP contribution >= 0.6 is 38.5 Å². The van der Waals surface area contributed by atoms with Gasteiger partial charge in [-0.05, 0) is 86.9 Å². The van der Waals surface area contributed by atoms with E-state index < -0.39 is 0 Å². The quantitative estimate of drug-likeness (QED) is 0.338. The van der Waals surface area contributed by atoms with Crippen LogP contribution in [0.1, 0.15) is 16.8 Å². The Morgan fingerprint density at radius 1 is 0.893 bits per heavy atom. The Hall–Kier alpha value is -1.80. The van der Waals surface area contributed by atoms with Crippen molar-refractivity contribution in [2.24, 2.45) is 0 Å². The molecule has 146 valence electrons. The minimum absolute atomic E-state index is 0.746. The van der Waals surface area contributed by atoms with Gasteiger partial charge in [0.1, 0.15) is 17.3 Å². The monoisotopic (exact) mass is 552 g/mol. The lowest BCUT2D eigenvalue weighted by atomic mass is 10.1. The molecule has 4 nitrogen and oxygen atoms in total. The van der Waals surface area contributed by atoms with Gasteiger partial charge in [0.15, 0.2) is 0 Å². The van der Waals surface area contributed by atoms with E-state index in [9.17, 15) is 0 Å². The smallest absolute Gasteiger partial charge is 0.130 e. The first kappa shape index (κ1) is 20.9. The lowest BCUT2D eigenvalue weighted by molar-refractivity contribution is 0.414. The predicted octanol–water partition coefficient (Wildman–Crippen LogP) is 5.98. The molecule has 0 N–H and O–H groups in total. The molecule has 0 atom stereocenters. The molecule has 0 aliphatic carbocycles. The Morgan fingerprint density at radius 2 is 1.36 bits per heavy atom. The molecule has 3 rings (SSSR count). The first-order valence-electron chi connectivity index (χ1n) is 8.83. The second kappa shape index (κ2) is 9.60. The third-order valence-corrected chi connectivity index (χ3v) is 7.18. The van der Waals surface area contributed by atoms with Crippen LogP contribution in [0.15, 0.2) is 59.1 Å². The molecule has 6 heteroatoms. The number of nitrogens with zero attached hydrogens (tertiary/aromatic N) is 2. The van der Waals surface area contributed by atoms with Gasteiger partial charge in [0, 0.05) is 21.1 Å². The molecule has 0 saturated carbocycles. The highest BCUT2D eigenvalue weighted by molar-refractivity contribution is 14.1. The van der Waals surface area contributed by atoms with E-state index in [0.29, 0.717) is 0 Å². The van der Waals surface area contributed by atoms with Gasteiger partial charge in [0.25, 0.3) is 0 Å². The number of pyridine rings is 1. The minimum Gasteiger partial charge on any atom is -0.497 e. The van der Waals surface area contributed by atoms with Gasteiger partial charge >= 0.3 is 0 Å².